The molecule has 1 atom stereocenters. The Labute approximate surface area is 52.1 Å². The SMILES string of the molecule is CC(O)C#COC(=O)[O-]. The van der Waals surface area contributed by atoms with Crippen molar-refractivity contribution in [3.63, 3.8) is 0 Å². The van der Waals surface area contributed by atoms with E-state index in [2.05, 4.69) is 4.74 Å². The number of aliphatic hydroxyl groups excluding tert-OH is 1. The molecule has 0 aliphatic rings. The highest BCUT2D eigenvalue weighted by molar-refractivity contribution is 5.55. The van der Waals surface area contributed by atoms with Gasteiger partial charge in [0.2, 0.25) is 0 Å². The zero-order valence-electron chi connectivity index (χ0n) is 4.75. The van der Waals surface area contributed by atoms with E-state index < -0.39 is 12.3 Å². The molecule has 1 unspecified atom stereocenters. The number of hydrogen-bond acceptors (Lipinski definition) is 4. The molecule has 4 heteroatoms. The lowest BCUT2D eigenvalue weighted by Gasteiger charge is -1.94. The predicted octanol–water partition coefficient (Wildman–Crippen LogP) is -1.31. The Balaban J connectivity index is 3.50. The van der Waals surface area contributed by atoms with Gasteiger partial charge in [-0.05, 0) is 12.8 Å². The average molecular weight is 129 g/mol. The molecule has 50 valence electrons. The van der Waals surface area contributed by atoms with Gasteiger partial charge in [-0.2, -0.15) is 0 Å². The summed E-state index contributed by atoms with van der Waals surface area (Å²) in [5.74, 6) is 2.04. The standard InChI is InChI=1S/C5H6O4/c1-4(6)2-3-9-5(7)8/h4,6H,1H3,(H,7,8)/p-1. The molecule has 0 radical (unpaired) electrons. The molecule has 0 aromatic carbocycles. The van der Waals surface area contributed by atoms with E-state index in [1.54, 1.807) is 6.11 Å². The first-order valence-corrected chi connectivity index (χ1v) is 2.19. The van der Waals surface area contributed by atoms with Crippen LogP contribution in [-0.2, 0) is 4.74 Å². The summed E-state index contributed by atoms with van der Waals surface area (Å²) < 4.78 is 3.64. The van der Waals surface area contributed by atoms with Gasteiger partial charge in [-0.3, -0.25) is 0 Å². The molecule has 0 saturated heterocycles. The second-order valence-electron chi connectivity index (χ2n) is 1.27. The summed E-state index contributed by atoms with van der Waals surface area (Å²) in [7, 11) is 0. The minimum atomic E-state index is -1.72. The Morgan fingerprint density at radius 3 is 2.78 bits per heavy atom. The summed E-state index contributed by atoms with van der Waals surface area (Å²) in [5, 5.41) is 17.9. The summed E-state index contributed by atoms with van der Waals surface area (Å²) >= 11 is 0. The number of rotatable bonds is 0. The molecular weight excluding hydrogens is 124 g/mol. The number of carbonyl (C=O) groups is 1. The van der Waals surface area contributed by atoms with Crippen molar-refractivity contribution in [2.45, 2.75) is 13.0 Å². The quantitative estimate of drug-likeness (QED) is 0.325. The molecule has 0 aromatic heterocycles. The molecule has 9 heavy (non-hydrogen) atoms. The molecule has 0 saturated carbocycles. The lowest BCUT2D eigenvalue weighted by Crippen LogP contribution is -2.21. The van der Waals surface area contributed by atoms with Crippen molar-refractivity contribution < 1.29 is 19.7 Å². The van der Waals surface area contributed by atoms with Crippen molar-refractivity contribution in [3.8, 4) is 12.0 Å². The molecule has 0 bridgehead atoms. The highest BCUT2D eigenvalue weighted by atomic mass is 16.7. The van der Waals surface area contributed by atoms with E-state index in [4.69, 9.17) is 5.11 Å². The van der Waals surface area contributed by atoms with Crippen LogP contribution < -0.4 is 5.11 Å². The van der Waals surface area contributed by atoms with Crippen molar-refractivity contribution in [2.24, 2.45) is 0 Å². The van der Waals surface area contributed by atoms with Gasteiger partial charge in [-0.1, -0.05) is 0 Å². The maximum atomic E-state index is 9.46. The molecule has 0 rings (SSSR count). The van der Waals surface area contributed by atoms with E-state index in [-0.39, 0.29) is 0 Å². The van der Waals surface area contributed by atoms with Crippen LogP contribution in [0.15, 0.2) is 0 Å². The molecule has 0 aliphatic carbocycles. The van der Waals surface area contributed by atoms with Crippen molar-refractivity contribution >= 4 is 6.16 Å². The minimum Gasteiger partial charge on any atom is -0.464 e. The Bertz CT molecular complexity index is 150. The van der Waals surface area contributed by atoms with Crippen LogP contribution in [0.4, 0.5) is 4.79 Å². The van der Waals surface area contributed by atoms with Gasteiger partial charge in [0.15, 0.2) is 0 Å². The van der Waals surface area contributed by atoms with Gasteiger partial charge in [0.1, 0.15) is 6.10 Å². The van der Waals surface area contributed by atoms with Gasteiger partial charge in [0, 0.05) is 6.11 Å². The number of carbonyl (C=O) groups excluding carboxylic acids is 1. The van der Waals surface area contributed by atoms with Crippen molar-refractivity contribution in [1.82, 2.24) is 0 Å². The van der Waals surface area contributed by atoms with Crippen LogP contribution in [0.3, 0.4) is 0 Å². The largest absolute Gasteiger partial charge is 0.464 e. The molecule has 0 spiro atoms. The zero-order valence-corrected chi connectivity index (χ0v) is 4.75. The van der Waals surface area contributed by atoms with Gasteiger partial charge in [-0.25, -0.2) is 0 Å². The summed E-state index contributed by atoms with van der Waals surface area (Å²) in [6, 6.07) is 0. The molecule has 0 heterocycles. The number of aliphatic hydroxyl groups is 1. The maximum absolute atomic E-state index is 9.46. The van der Waals surface area contributed by atoms with Crippen molar-refractivity contribution in [1.29, 1.82) is 0 Å². The van der Waals surface area contributed by atoms with E-state index in [0.29, 0.717) is 0 Å². The fraction of sp³-hybridized carbons (Fsp3) is 0.400. The number of hydrogen-bond donors (Lipinski definition) is 1. The highest BCUT2D eigenvalue weighted by Gasteiger charge is 1.81. The summed E-state index contributed by atoms with van der Waals surface area (Å²) in [6.07, 6.45) is -0.882. The van der Waals surface area contributed by atoms with E-state index in [9.17, 15) is 9.90 Å². The molecule has 1 N–H and O–H groups in total. The fourth-order valence-corrected chi connectivity index (χ4v) is 0.156. The topological polar surface area (TPSA) is 69.6 Å². The van der Waals surface area contributed by atoms with Gasteiger partial charge in [-0.15, -0.1) is 0 Å². The molecule has 0 fully saturated rings. The first-order valence-electron chi connectivity index (χ1n) is 2.19. The lowest BCUT2D eigenvalue weighted by atomic mass is 10.4. The van der Waals surface area contributed by atoms with Crippen LogP contribution in [0.2, 0.25) is 0 Å². The van der Waals surface area contributed by atoms with E-state index >= 15 is 0 Å². The second-order valence-corrected chi connectivity index (χ2v) is 1.27. The van der Waals surface area contributed by atoms with Gasteiger partial charge >= 0.3 is 0 Å². The van der Waals surface area contributed by atoms with Gasteiger partial charge < -0.3 is 19.7 Å². The fourth-order valence-electron chi connectivity index (χ4n) is 0.156. The Morgan fingerprint density at radius 2 is 2.44 bits per heavy atom. The van der Waals surface area contributed by atoms with Crippen LogP contribution in [-0.4, -0.2) is 17.4 Å². The molecular formula is C5H5O4-. The molecule has 0 amide bonds. The van der Waals surface area contributed by atoms with Crippen molar-refractivity contribution in [2.75, 3.05) is 0 Å². The highest BCUT2D eigenvalue weighted by Crippen LogP contribution is 1.73. The Morgan fingerprint density at radius 1 is 1.89 bits per heavy atom. The Kier molecular flexibility index (Phi) is 3.25. The normalized spacial score (nSPS) is 10.9. The van der Waals surface area contributed by atoms with E-state index in [1.165, 1.54) is 6.92 Å². The minimum absolute atomic E-state index is 0.885. The lowest BCUT2D eigenvalue weighted by molar-refractivity contribution is -0.274. The third-order valence-corrected chi connectivity index (χ3v) is 0.402. The zero-order chi connectivity index (χ0) is 7.28. The smallest absolute Gasteiger partial charge is 0.265 e. The van der Waals surface area contributed by atoms with Crippen molar-refractivity contribution in [3.05, 3.63) is 0 Å². The van der Waals surface area contributed by atoms with Crippen LogP contribution in [0, 0.1) is 12.0 Å². The van der Waals surface area contributed by atoms with Crippen LogP contribution in [0.1, 0.15) is 6.92 Å². The van der Waals surface area contributed by atoms with Crippen LogP contribution in [0.25, 0.3) is 0 Å². The molecule has 0 aromatic rings. The summed E-state index contributed by atoms with van der Waals surface area (Å²) in [5.41, 5.74) is 0. The third kappa shape index (κ3) is 6.79. The van der Waals surface area contributed by atoms with E-state index in [1.807, 2.05) is 5.92 Å². The number of carboxylic acid groups (broad SMARTS) is 1. The average Bonchev–Trinajstić information content (AvgIpc) is 1.63. The summed E-state index contributed by atoms with van der Waals surface area (Å²) in [6.45, 7) is 1.38. The second kappa shape index (κ2) is 3.75. The monoisotopic (exact) mass is 129 g/mol. The van der Waals surface area contributed by atoms with Crippen LogP contribution >= 0.6 is 0 Å². The third-order valence-electron chi connectivity index (χ3n) is 0.402. The Hall–Kier alpha value is -1.21. The number of ether oxygens (including phenoxy) is 1. The van der Waals surface area contributed by atoms with Gasteiger partial charge in [0.25, 0.3) is 6.16 Å². The maximum Gasteiger partial charge on any atom is 0.265 e. The van der Waals surface area contributed by atoms with Gasteiger partial charge in [0.05, 0.1) is 0 Å². The molecule has 0 aliphatic heterocycles. The first kappa shape index (κ1) is 7.79. The predicted molar refractivity (Wildman–Crippen MR) is 25.9 cm³/mol. The molecule has 4 nitrogen and oxygen atoms in total. The first-order chi connectivity index (χ1) is 4.13. The van der Waals surface area contributed by atoms with Crippen LogP contribution in [0.5, 0.6) is 0 Å². The summed E-state index contributed by atoms with van der Waals surface area (Å²) in [4.78, 5) is 9.46. The van der Waals surface area contributed by atoms with E-state index in [0.717, 1.165) is 0 Å².